The van der Waals surface area contributed by atoms with Crippen molar-refractivity contribution in [3.8, 4) is 61.3 Å². The number of anilines is 3. The van der Waals surface area contributed by atoms with Gasteiger partial charge in [0.05, 0.1) is 16.7 Å². The highest BCUT2D eigenvalue weighted by molar-refractivity contribution is 6.10. The van der Waals surface area contributed by atoms with Crippen molar-refractivity contribution < 1.29 is 0 Å². The van der Waals surface area contributed by atoms with Crippen molar-refractivity contribution in [3.05, 3.63) is 278 Å². The van der Waals surface area contributed by atoms with Crippen LogP contribution in [0.25, 0.3) is 105 Å². The number of rotatable bonds is 8. The second kappa shape index (κ2) is 17.0. The molecule has 0 radical (unpaired) electrons. The molecular formula is C71H50N2. The first-order chi connectivity index (χ1) is 36.0. The van der Waals surface area contributed by atoms with Gasteiger partial charge in [-0.1, -0.05) is 220 Å². The number of hydrogen-bond acceptors (Lipinski definition) is 1. The largest absolute Gasteiger partial charge is 0.311 e. The molecule has 12 aromatic carbocycles. The Labute approximate surface area is 426 Å². The summed E-state index contributed by atoms with van der Waals surface area (Å²) in [5.41, 5.74) is 21.8. The number of nitrogens with zero attached hydrogens (tertiary/aromatic N) is 2. The summed E-state index contributed by atoms with van der Waals surface area (Å²) in [5, 5.41) is 7.58. The molecule has 73 heavy (non-hydrogen) atoms. The highest BCUT2D eigenvalue weighted by atomic mass is 15.1. The molecule has 0 bridgehead atoms. The van der Waals surface area contributed by atoms with Gasteiger partial charge in [-0.25, -0.2) is 0 Å². The molecule has 0 spiro atoms. The summed E-state index contributed by atoms with van der Waals surface area (Å²) in [6, 6.07) is 98.3. The minimum absolute atomic E-state index is 0.110. The van der Waals surface area contributed by atoms with Gasteiger partial charge >= 0.3 is 0 Å². The molecule has 1 aliphatic rings. The number of fused-ring (bicyclic) bond motifs is 9. The van der Waals surface area contributed by atoms with Crippen LogP contribution in [0.3, 0.4) is 0 Å². The molecule has 0 amide bonds. The predicted molar refractivity (Wildman–Crippen MR) is 310 cm³/mol. The predicted octanol–water partition coefficient (Wildman–Crippen LogP) is 19.5. The summed E-state index contributed by atoms with van der Waals surface area (Å²) < 4.78 is 2.43. The normalized spacial score (nSPS) is 12.6. The lowest BCUT2D eigenvalue weighted by Crippen LogP contribution is -2.16. The fourth-order valence-corrected chi connectivity index (χ4v) is 12.2. The molecule has 0 saturated carbocycles. The lowest BCUT2D eigenvalue weighted by atomic mass is 9.79. The maximum atomic E-state index is 2.43. The van der Waals surface area contributed by atoms with Crippen LogP contribution in [-0.4, -0.2) is 4.57 Å². The van der Waals surface area contributed by atoms with Crippen molar-refractivity contribution in [1.29, 1.82) is 0 Å². The van der Waals surface area contributed by atoms with Gasteiger partial charge in [-0.05, 0) is 143 Å². The first-order valence-corrected chi connectivity index (χ1v) is 25.4. The molecule has 0 fully saturated rings. The molecule has 2 heteroatoms. The summed E-state index contributed by atoms with van der Waals surface area (Å²) in [6.07, 6.45) is 0. The van der Waals surface area contributed by atoms with Crippen molar-refractivity contribution in [1.82, 2.24) is 4.57 Å². The number of para-hydroxylation sites is 3. The maximum absolute atomic E-state index is 2.43. The molecule has 0 saturated heterocycles. The van der Waals surface area contributed by atoms with Gasteiger partial charge in [0.25, 0.3) is 0 Å². The van der Waals surface area contributed by atoms with Crippen molar-refractivity contribution in [2.75, 3.05) is 4.90 Å². The molecule has 1 aromatic heterocycles. The topological polar surface area (TPSA) is 8.17 Å². The van der Waals surface area contributed by atoms with Gasteiger partial charge < -0.3 is 9.47 Å². The van der Waals surface area contributed by atoms with E-state index in [1.54, 1.807) is 0 Å². The van der Waals surface area contributed by atoms with E-state index in [9.17, 15) is 0 Å². The molecule has 14 rings (SSSR count). The summed E-state index contributed by atoms with van der Waals surface area (Å²) in [4.78, 5) is 2.39. The van der Waals surface area contributed by atoms with Gasteiger partial charge in [-0.15, -0.1) is 0 Å². The second-order valence-electron chi connectivity index (χ2n) is 20.0. The minimum atomic E-state index is -0.110. The van der Waals surface area contributed by atoms with Crippen LogP contribution in [0.1, 0.15) is 25.0 Å². The Bertz CT molecular complexity index is 4220. The van der Waals surface area contributed by atoms with Gasteiger partial charge in [-0.2, -0.15) is 0 Å². The zero-order chi connectivity index (χ0) is 48.6. The summed E-state index contributed by atoms with van der Waals surface area (Å²) in [5.74, 6) is 0. The van der Waals surface area contributed by atoms with E-state index in [-0.39, 0.29) is 5.41 Å². The zero-order valence-corrected chi connectivity index (χ0v) is 40.8. The summed E-state index contributed by atoms with van der Waals surface area (Å²) in [7, 11) is 0. The minimum Gasteiger partial charge on any atom is -0.311 e. The van der Waals surface area contributed by atoms with Crippen molar-refractivity contribution in [3.63, 3.8) is 0 Å². The Kier molecular flexibility index (Phi) is 9.91. The second-order valence-corrected chi connectivity index (χ2v) is 20.0. The Morgan fingerprint density at radius 1 is 0.301 bits per heavy atom. The van der Waals surface area contributed by atoms with Crippen molar-refractivity contribution >= 4 is 60.4 Å². The molecule has 1 heterocycles. The standard InChI is InChI=1S/C71H50N2/c1-71(2)66-26-11-7-20-61(66)65-25-15-24-59(70(65)71)50-36-43-55(44-37-50)72(53-39-32-47(33-40-53)51-38-45-58-52(46-51)31-30-48-16-3-4-17-56(48)58)54-41-34-49(35-42-54)57-18-5-6-19-60(57)62-21-8-12-27-67(62)73-68-28-13-9-22-63(68)64-23-10-14-29-69(64)73/h3-46H,1-2H3. The first kappa shape index (κ1) is 42.6. The Balaban J connectivity index is 0.856. The molecule has 13 aromatic rings. The molecule has 0 unspecified atom stereocenters. The molecule has 0 aliphatic heterocycles. The van der Waals surface area contributed by atoms with Crippen LogP contribution >= 0.6 is 0 Å². The van der Waals surface area contributed by atoms with Crippen molar-refractivity contribution in [2.24, 2.45) is 0 Å². The van der Waals surface area contributed by atoms with Crippen LogP contribution in [0, 0.1) is 0 Å². The average Bonchev–Trinajstić information content (AvgIpc) is 3.91. The smallest absolute Gasteiger partial charge is 0.0541 e. The molecule has 1 aliphatic carbocycles. The SMILES string of the molecule is CC1(C)c2ccccc2-c2cccc(-c3ccc(N(c4ccc(-c5ccc6c(ccc7ccccc76)c5)cc4)c4ccc(-c5ccccc5-c5ccccc5-n5c6ccccc6c6ccccc65)cc4)cc3)c21. The van der Waals surface area contributed by atoms with Crippen LogP contribution in [0.5, 0.6) is 0 Å². The molecule has 0 atom stereocenters. The van der Waals surface area contributed by atoms with Crippen LogP contribution in [-0.2, 0) is 5.41 Å². The third-order valence-corrected chi connectivity index (χ3v) is 15.6. The van der Waals surface area contributed by atoms with Gasteiger partial charge in [0, 0.05) is 38.8 Å². The zero-order valence-electron chi connectivity index (χ0n) is 40.8. The van der Waals surface area contributed by atoms with Gasteiger partial charge in [0.15, 0.2) is 0 Å². The van der Waals surface area contributed by atoms with E-state index in [2.05, 4.69) is 290 Å². The Morgan fingerprint density at radius 3 is 1.45 bits per heavy atom. The summed E-state index contributed by atoms with van der Waals surface area (Å²) in [6.45, 7) is 4.74. The molecule has 344 valence electrons. The lowest BCUT2D eigenvalue weighted by Gasteiger charge is -2.27. The molecule has 2 nitrogen and oxygen atoms in total. The van der Waals surface area contributed by atoms with E-state index in [1.165, 1.54) is 105 Å². The van der Waals surface area contributed by atoms with Crippen LogP contribution in [0.4, 0.5) is 17.1 Å². The molecular weight excluding hydrogens is 881 g/mol. The van der Waals surface area contributed by atoms with E-state index in [1.807, 2.05) is 0 Å². The van der Waals surface area contributed by atoms with Crippen LogP contribution < -0.4 is 4.90 Å². The number of hydrogen-bond donors (Lipinski definition) is 0. The van der Waals surface area contributed by atoms with E-state index in [0.717, 1.165) is 28.3 Å². The monoisotopic (exact) mass is 930 g/mol. The maximum Gasteiger partial charge on any atom is 0.0541 e. The average molecular weight is 931 g/mol. The number of benzene rings is 12. The van der Waals surface area contributed by atoms with Crippen molar-refractivity contribution in [2.45, 2.75) is 19.3 Å². The quantitative estimate of drug-likeness (QED) is 0.138. The van der Waals surface area contributed by atoms with E-state index >= 15 is 0 Å². The highest BCUT2D eigenvalue weighted by Crippen LogP contribution is 2.52. The van der Waals surface area contributed by atoms with E-state index in [0.29, 0.717) is 0 Å². The summed E-state index contributed by atoms with van der Waals surface area (Å²) >= 11 is 0. The van der Waals surface area contributed by atoms with Gasteiger partial charge in [0.2, 0.25) is 0 Å². The van der Waals surface area contributed by atoms with Crippen LogP contribution in [0.2, 0.25) is 0 Å². The van der Waals surface area contributed by atoms with Crippen LogP contribution in [0.15, 0.2) is 267 Å². The fraction of sp³-hybridized carbons (Fsp3) is 0.0423. The van der Waals surface area contributed by atoms with Gasteiger partial charge in [-0.3, -0.25) is 0 Å². The number of aromatic nitrogens is 1. The van der Waals surface area contributed by atoms with E-state index < -0.39 is 0 Å². The third-order valence-electron chi connectivity index (χ3n) is 15.6. The Morgan fingerprint density at radius 2 is 0.767 bits per heavy atom. The first-order valence-electron chi connectivity index (χ1n) is 25.4. The molecule has 0 N–H and O–H groups in total. The fourth-order valence-electron chi connectivity index (χ4n) is 12.2. The highest BCUT2D eigenvalue weighted by Gasteiger charge is 2.37. The Hall–Kier alpha value is -9.24. The van der Waals surface area contributed by atoms with E-state index in [4.69, 9.17) is 0 Å². The van der Waals surface area contributed by atoms with Gasteiger partial charge in [0.1, 0.15) is 0 Å². The lowest BCUT2D eigenvalue weighted by molar-refractivity contribution is 0.662. The third kappa shape index (κ3) is 6.94.